The predicted molar refractivity (Wildman–Crippen MR) is 115 cm³/mol. The SMILES string of the molecule is CC(C)C(=O)Nc1nn(Cc2ccc(Oc3ccccc3)cc2)c2ccccc12. The van der Waals surface area contributed by atoms with Crippen LogP contribution in [0, 0.1) is 5.92 Å². The molecule has 0 spiro atoms. The highest BCUT2D eigenvalue weighted by atomic mass is 16.5. The van der Waals surface area contributed by atoms with E-state index in [-0.39, 0.29) is 11.8 Å². The Morgan fingerprint density at radius 3 is 2.31 bits per heavy atom. The number of anilines is 1. The summed E-state index contributed by atoms with van der Waals surface area (Å²) in [6.07, 6.45) is 0. The van der Waals surface area contributed by atoms with E-state index in [0.717, 1.165) is 28.0 Å². The molecule has 1 N–H and O–H groups in total. The molecule has 0 aliphatic carbocycles. The molecule has 0 saturated heterocycles. The van der Waals surface area contributed by atoms with Gasteiger partial charge in [0.15, 0.2) is 5.82 Å². The van der Waals surface area contributed by atoms with E-state index in [9.17, 15) is 4.79 Å². The fraction of sp³-hybridized carbons (Fsp3) is 0.167. The average Bonchev–Trinajstić information content (AvgIpc) is 3.07. The zero-order valence-corrected chi connectivity index (χ0v) is 16.5. The highest BCUT2D eigenvalue weighted by Gasteiger charge is 2.14. The minimum absolute atomic E-state index is 0.0391. The van der Waals surface area contributed by atoms with Gasteiger partial charge in [0.1, 0.15) is 11.5 Å². The number of nitrogens with zero attached hydrogens (tertiary/aromatic N) is 2. The van der Waals surface area contributed by atoms with E-state index in [1.54, 1.807) is 0 Å². The maximum atomic E-state index is 12.1. The van der Waals surface area contributed by atoms with Crippen LogP contribution < -0.4 is 10.1 Å². The van der Waals surface area contributed by atoms with Gasteiger partial charge in [-0.05, 0) is 42.0 Å². The lowest BCUT2D eigenvalue weighted by Crippen LogP contribution is -2.18. The number of para-hydroxylation sites is 2. The van der Waals surface area contributed by atoms with Gasteiger partial charge in [0.2, 0.25) is 5.91 Å². The molecule has 0 bridgehead atoms. The molecule has 1 aromatic heterocycles. The normalized spacial score (nSPS) is 11.0. The first kappa shape index (κ1) is 18.7. The summed E-state index contributed by atoms with van der Waals surface area (Å²) in [7, 11) is 0. The van der Waals surface area contributed by atoms with Gasteiger partial charge in [-0.2, -0.15) is 5.10 Å². The van der Waals surface area contributed by atoms with Crippen molar-refractivity contribution in [2.45, 2.75) is 20.4 Å². The molecule has 4 rings (SSSR count). The summed E-state index contributed by atoms with van der Waals surface area (Å²) in [6, 6.07) is 25.6. The Morgan fingerprint density at radius 2 is 1.59 bits per heavy atom. The zero-order valence-electron chi connectivity index (χ0n) is 16.5. The van der Waals surface area contributed by atoms with Crippen molar-refractivity contribution in [1.82, 2.24) is 9.78 Å². The van der Waals surface area contributed by atoms with E-state index in [2.05, 4.69) is 10.4 Å². The molecule has 1 heterocycles. The molecular weight excluding hydrogens is 362 g/mol. The van der Waals surface area contributed by atoms with Crippen LogP contribution in [0.3, 0.4) is 0 Å². The summed E-state index contributed by atoms with van der Waals surface area (Å²) in [5.74, 6) is 2.06. The second-order valence-corrected chi connectivity index (χ2v) is 7.23. The van der Waals surface area contributed by atoms with Crippen molar-refractivity contribution in [1.29, 1.82) is 0 Å². The molecule has 0 aliphatic heterocycles. The number of ether oxygens (including phenoxy) is 1. The predicted octanol–water partition coefficient (Wildman–Crippen LogP) is 5.47. The van der Waals surface area contributed by atoms with Crippen LogP contribution in [0.4, 0.5) is 5.82 Å². The zero-order chi connectivity index (χ0) is 20.2. The van der Waals surface area contributed by atoms with Gasteiger partial charge in [0, 0.05) is 11.3 Å². The number of carbonyl (C=O) groups is 1. The van der Waals surface area contributed by atoms with Gasteiger partial charge in [-0.1, -0.05) is 56.3 Å². The van der Waals surface area contributed by atoms with Gasteiger partial charge in [-0.15, -0.1) is 0 Å². The Bertz CT molecular complexity index is 1120. The molecule has 0 aliphatic rings. The van der Waals surface area contributed by atoms with E-state index >= 15 is 0 Å². The van der Waals surface area contributed by atoms with Crippen LogP contribution in [0.15, 0.2) is 78.9 Å². The molecule has 0 fully saturated rings. The van der Waals surface area contributed by atoms with Gasteiger partial charge < -0.3 is 10.1 Å². The van der Waals surface area contributed by atoms with Gasteiger partial charge in [-0.25, -0.2) is 0 Å². The van der Waals surface area contributed by atoms with Crippen molar-refractivity contribution in [2.75, 3.05) is 5.32 Å². The summed E-state index contributed by atoms with van der Waals surface area (Å²) in [5.41, 5.74) is 2.08. The molecule has 3 aromatic carbocycles. The number of amides is 1. The van der Waals surface area contributed by atoms with Crippen LogP contribution in [0.2, 0.25) is 0 Å². The van der Waals surface area contributed by atoms with Gasteiger partial charge in [0.05, 0.1) is 12.1 Å². The minimum Gasteiger partial charge on any atom is -0.457 e. The summed E-state index contributed by atoms with van der Waals surface area (Å²) < 4.78 is 7.77. The second-order valence-electron chi connectivity index (χ2n) is 7.23. The lowest BCUT2D eigenvalue weighted by Gasteiger charge is -2.08. The molecule has 5 heteroatoms. The van der Waals surface area contributed by atoms with E-state index in [0.29, 0.717) is 12.4 Å². The molecule has 0 unspecified atom stereocenters. The number of hydrogen-bond donors (Lipinski definition) is 1. The quantitative estimate of drug-likeness (QED) is 0.479. The molecule has 29 heavy (non-hydrogen) atoms. The largest absolute Gasteiger partial charge is 0.457 e. The number of benzene rings is 3. The second kappa shape index (κ2) is 8.19. The maximum absolute atomic E-state index is 12.1. The Hall–Kier alpha value is -3.60. The fourth-order valence-corrected chi connectivity index (χ4v) is 3.06. The summed E-state index contributed by atoms with van der Waals surface area (Å²) in [6.45, 7) is 4.34. The van der Waals surface area contributed by atoms with Gasteiger partial charge in [0.25, 0.3) is 0 Å². The maximum Gasteiger partial charge on any atom is 0.228 e. The summed E-state index contributed by atoms with van der Waals surface area (Å²) in [4.78, 5) is 12.1. The standard InChI is InChI=1S/C24H23N3O2/c1-17(2)24(28)25-23-21-10-6-7-11-22(21)27(26-23)16-18-12-14-20(15-13-18)29-19-8-4-3-5-9-19/h3-15,17H,16H2,1-2H3,(H,25,26,28). The molecule has 146 valence electrons. The Labute approximate surface area is 169 Å². The van der Waals surface area contributed by atoms with Crippen LogP contribution in [-0.2, 0) is 11.3 Å². The summed E-state index contributed by atoms with van der Waals surface area (Å²) in [5, 5.41) is 8.52. The summed E-state index contributed by atoms with van der Waals surface area (Å²) >= 11 is 0. The van der Waals surface area contributed by atoms with E-state index in [1.807, 2.05) is 97.4 Å². The molecule has 4 aromatic rings. The lowest BCUT2D eigenvalue weighted by atomic mass is 10.2. The Morgan fingerprint density at radius 1 is 0.931 bits per heavy atom. The first-order chi connectivity index (χ1) is 14.1. The van der Waals surface area contributed by atoms with E-state index in [1.165, 1.54) is 0 Å². The molecule has 0 atom stereocenters. The average molecular weight is 385 g/mol. The number of fused-ring (bicyclic) bond motifs is 1. The third kappa shape index (κ3) is 4.29. The van der Waals surface area contributed by atoms with Crippen LogP contribution in [0.5, 0.6) is 11.5 Å². The Balaban J connectivity index is 1.55. The van der Waals surface area contributed by atoms with Crippen LogP contribution in [-0.4, -0.2) is 15.7 Å². The number of aromatic nitrogens is 2. The van der Waals surface area contributed by atoms with Crippen LogP contribution in [0.25, 0.3) is 10.9 Å². The number of nitrogens with one attached hydrogen (secondary N) is 1. The number of hydrogen-bond acceptors (Lipinski definition) is 3. The van der Waals surface area contributed by atoms with Crippen LogP contribution in [0.1, 0.15) is 19.4 Å². The molecule has 0 radical (unpaired) electrons. The monoisotopic (exact) mass is 385 g/mol. The lowest BCUT2D eigenvalue weighted by molar-refractivity contribution is -0.118. The van der Waals surface area contributed by atoms with Gasteiger partial charge >= 0.3 is 0 Å². The minimum atomic E-state index is -0.101. The molecule has 5 nitrogen and oxygen atoms in total. The van der Waals surface area contributed by atoms with Crippen molar-refractivity contribution >= 4 is 22.6 Å². The van der Waals surface area contributed by atoms with Crippen molar-refractivity contribution in [2.24, 2.45) is 5.92 Å². The highest BCUT2D eigenvalue weighted by Crippen LogP contribution is 2.25. The smallest absolute Gasteiger partial charge is 0.228 e. The third-order valence-corrected chi connectivity index (χ3v) is 4.66. The fourth-order valence-electron chi connectivity index (χ4n) is 3.06. The van der Waals surface area contributed by atoms with Gasteiger partial charge in [-0.3, -0.25) is 9.48 Å². The van der Waals surface area contributed by atoms with Crippen molar-refractivity contribution < 1.29 is 9.53 Å². The molecular formula is C24H23N3O2. The number of rotatable bonds is 6. The topological polar surface area (TPSA) is 56.2 Å². The van der Waals surface area contributed by atoms with E-state index in [4.69, 9.17) is 4.74 Å². The van der Waals surface area contributed by atoms with Crippen LogP contribution >= 0.6 is 0 Å². The highest BCUT2D eigenvalue weighted by molar-refractivity contribution is 6.00. The number of carbonyl (C=O) groups excluding carboxylic acids is 1. The van der Waals surface area contributed by atoms with Crippen molar-refractivity contribution in [3.05, 3.63) is 84.4 Å². The molecule has 0 saturated carbocycles. The molecule has 1 amide bonds. The first-order valence-electron chi connectivity index (χ1n) is 9.68. The Kier molecular flexibility index (Phi) is 5.29. The van der Waals surface area contributed by atoms with Crippen molar-refractivity contribution in [3.63, 3.8) is 0 Å². The first-order valence-corrected chi connectivity index (χ1v) is 9.68. The third-order valence-electron chi connectivity index (χ3n) is 4.66. The van der Waals surface area contributed by atoms with E-state index < -0.39 is 0 Å². The van der Waals surface area contributed by atoms with Crippen molar-refractivity contribution in [3.8, 4) is 11.5 Å².